The lowest BCUT2D eigenvalue weighted by Crippen LogP contribution is -2.24. The number of nitrogens with one attached hydrogen (secondary N) is 1. The van der Waals surface area contributed by atoms with Crippen molar-refractivity contribution < 1.29 is 13.2 Å². The van der Waals surface area contributed by atoms with Gasteiger partial charge < -0.3 is 5.32 Å². The second kappa shape index (κ2) is 5.47. The van der Waals surface area contributed by atoms with Crippen LogP contribution in [0.5, 0.6) is 0 Å². The average Bonchev–Trinajstić information content (AvgIpc) is 2.28. The van der Waals surface area contributed by atoms with E-state index in [0.29, 0.717) is 0 Å². The molecule has 2 nitrogen and oxygen atoms in total. The van der Waals surface area contributed by atoms with Crippen LogP contribution in [0, 0.1) is 0 Å². The zero-order chi connectivity index (χ0) is 13.2. The van der Waals surface area contributed by atoms with Crippen molar-refractivity contribution in [2.24, 2.45) is 0 Å². The van der Waals surface area contributed by atoms with Crippen LogP contribution in [-0.2, 0) is 6.18 Å². The van der Waals surface area contributed by atoms with E-state index >= 15 is 0 Å². The molecule has 0 aromatic carbocycles. The molecule has 0 atom stereocenters. The fraction of sp³-hybridized carbons (Fsp3) is 0.583. The Labute approximate surface area is 112 Å². The third-order valence-corrected chi connectivity index (χ3v) is 3.75. The number of alkyl halides is 3. The van der Waals surface area contributed by atoms with Crippen LogP contribution in [0.15, 0.2) is 16.9 Å². The highest BCUT2D eigenvalue weighted by Gasteiger charge is 2.36. The Balaban J connectivity index is 2.24. The maximum atomic E-state index is 13.0. The highest BCUT2D eigenvalue weighted by atomic mass is 79.9. The largest absolute Gasteiger partial charge is 0.419 e. The lowest BCUT2D eigenvalue weighted by Gasteiger charge is -2.25. The SMILES string of the molecule is FC(F)(F)c1c(Br)cncc1NC1CCCCC1. The first-order valence-corrected chi connectivity index (χ1v) is 6.75. The van der Waals surface area contributed by atoms with Gasteiger partial charge in [0.15, 0.2) is 0 Å². The normalized spacial score (nSPS) is 17.8. The van der Waals surface area contributed by atoms with E-state index in [9.17, 15) is 13.2 Å². The predicted octanol–water partition coefficient (Wildman–Crippen LogP) is 4.61. The molecule has 1 aliphatic rings. The minimum absolute atomic E-state index is 0.0178. The topological polar surface area (TPSA) is 24.9 Å². The maximum absolute atomic E-state index is 13.0. The summed E-state index contributed by atoms with van der Waals surface area (Å²) in [6.45, 7) is 0. The van der Waals surface area contributed by atoms with Crippen LogP contribution in [0.25, 0.3) is 0 Å². The van der Waals surface area contributed by atoms with Gasteiger partial charge in [0, 0.05) is 12.2 Å². The molecule has 0 amide bonds. The smallest absolute Gasteiger partial charge is 0.381 e. The molecule has 1 saturated carbocycles. The molecule has 0 bridgehead atoms. The molecule has 18 heavy (non-hydrogen) atoms. The summed E-state index contributed by atoms with van der Waals surface area (Å²) < 4.78 is 38.9. The first kappa shape index (κ1) is 13.6. The molecule has 0 saturated heterocycles. The Morgan fingerprint density at radius 2 is 1.83 bits per heavy atom. The molecule has 100 valence electrons. The average molecular weight is 323 g/mol. The molecule has 0 aliphatic heterocycles. The Bertz CT molecular complexity index is 414. The van der Waals surface area contributed by atoms with Gasteiger partial charge in [0.25, 0.3) is 0 Å². The first-order chi connectivity index (χ1) is 8.48. The molecule has 0 radical (unpaired) electrons. The number of anilines is 1. The molecule has 1 aliphatic carbocycles. The van der Waals surface area contributed by atoms with Crippen molar-refractivity contribution >= 4 is 21.6 Å². The molecule has 1 aromatic rings. The van der Waals surface area contributed by atoms with E-state index in [0.717, 1.165) is 25.7 Å². The molecule has 1 heterocycles. The van der Waals surface area contributed by atoms with Gasteiger partial charge in [0.1, 0.15) is 0 Å². The molecular weight excluding hydrogens is 309 g/mol. The molecule has 1 aromatic heterocycles. The van der Waals surface area contributed by atoms with E-state index < -0.39 is 11.7 Å². The summed E-state index contributed by atoms with van der Waals surface area (Å²) in [5.74, 6) is 0. The van der Waals surface area contributed by atoms with E-state index in [1.807, 2.05) is 0 Å². The number of hydrogen-bond acceptors (Lipinski definition) is 2. The highest BCUT2D eigenvalue weighted by Crippen LogP contribution is 2.40. The Morgan fingerprint density at radius 3 is 2.44 bits per heavy atom. The first-order valence-electron chi connectivity index (χ1n) is 5.95. The van der Waals surface area contributed by atoms with Gasteiger partial charge in [-0.3, -0.25) is 4.98 Å². The summed E-state index contributed by atoms with van der Waals surface area (Å²) >= 11 is 2.93. The number of hydrogen-bond donors (Lipinski definition) is 1. The number of aromatic nitrogens is 1. The Hall–Kier alpha value is -0.780. The monoisotopic (exact) mass is 322 g/mol. The van der Waals surface area contributed by atoms with Gasteiger partial charge in [-0.1, -0.05) is 19.3 Å². The number of halogens is 4. The van der Waals surface area contributed by atoms with Gasteiger partial charge in [-0.25, -0.2) is 0 Å². The van der Waals surface area contributed by atoms with Crippen molar-refractivity contribution in [1.29, 1.82) is 0 Å². The van der Waals surface area contributed by atoms with Crippen LogP contribution in [0.3, 0.4) is 0 Å². The van der Waals surface area contributed by atoms with Crippen molar-refractivity contribution in [3.63, 3.8) is 0 Å². The van der Waals surface area contributed by atoms with Crippen LogP contribution >= 0.6 is 15.9 Å². The van der Waals surface area contributed by atoms with Crippen LogP contribution in [0.1, 0.15) is 37.7 Å². The van der Waals surface area contributed by atoms with E-state index in [4.69, 9.17) is 0 Å². The van der Waals surface area contributed by atoms with Crippen molar-refractivity contribution in [3.05, 3.63) is 22.4 Å². The Kier molecular flexibility index (Phi) is 4.14. The fourth-order valence-electron chi connectivity index (χ4n) is 2.30. The van der Waals surface area contributed by atoms with Gasteiger partial charge in [-0.15, -0.1) is 0 Å². The lowest BCUT2D eigenvalue weighted by atomic mass is 9.95. The predicted molar refractivity (Wildman–Crippen MR) is 67.4 cm³/mol. The summed E-state index contributed by atoms with van der Waals surface area (Å²) in [7, 11) is 0. The quantitative estimate of drug-likeness (QED) is 0.860. The Morgan fingerprint density at radius 1 is 1.17 bits per heavy atom. The van der Waals surface area contributed by atoms with E-state index in [1.54, 1.807) is 0 Å². The molecule has 2 rings (SSSR count). The maximum Gasteiger partial charge on any atom is 0.419 e. The molecule has 1 N–H and O–H groups in total. The molecule has 1 fully saturated rings. The number of nitrogens with zero attached hydrogens (tertiary/aromatic N) is 1. The summed E-state index contributed by atoms with van der Waals surface area (Å²) in [5.41, 5.74) is -0.591. The van der Waals surface area contributed by atoms with Crippen molar-refractivity contribution in [2.45, 2.75) is 44.3 Å². The summed E-state index contributed by atoms with van der Waals surface area (Å²) in [6.07, 6.45) is 3.20. The second-order valence-corrected chi connectivity index (χ2v) is 5.38. The standard InChI is InChI=1S/C12H14BrF3N2/c13-9-6-17-7-10(11(9)12(14,15)16)18-8-4-2-1-3-5-8/h6-8,18H,1-5H2. The summed E-state index contributed by atoms with van der Waals surface area (Å²) in [6, 6.07) is 0.121. The van der Waals surface area contributed by atoms with Crippen molar-refractivity contribution in [2.75, 3.05) is 5.32 Å². The third-order valence-electron chi connectivity index (χ3n) is 3.15. The minimum atomic E-state index is -4.38. The van der Waals surface area contributed by atoms with Crippen LogP contribution in [-0.4, -0.2) is 11.0 Å². The molecular formula is C12H14BrF3N2. The van der Waals surface area contributed by atoms with Crippen LogP contribution < -0.4 is 5.32 Å². The van der Waals surface area contributed by atoms with Crippen LogP contribution in [0.4, 0.5) is 18.9 Å². The van der Waals surface area contributed by atoms with E-state index in [2.05, 4.69) is 26.2 Å². The third kappa shape index (κ3) is 3.16. The molecule has 6 heteroatoms. The second-order valence-electron chi connectivity index (χ2n) is 4.52. The van der Waals surface area contributed by atoms with E-state index in [1.165, 1.54) is 18.8 Å². The van der Waals surface area contributed by atoms with Crippen molar-refractivity contribution in [1.82, 2.24) is 4.98 Å². The van der Waals surface area contributed by atoms with Gasteiger partial charge in [0.05, 0.1) is 21.9 Å². The number of pyridine rings is 1. The van der Waals surface area contributed by atoms with E-state index in [-0.39, 0.29) is 16.2 Å². The zero-order valence-electron chi connectivity index (χ0n) is 9.73. The van der Waals surface area contributed by atoms with Gasteiger partial charge in [-0.2, -0.15) is 13.2 Å². The minimum Gasteiger partial charge on any atom is -0.381 e. The highest BCUT2D eigenvalue weighted by molar-refractivity contribution is 9.10. The lowest BCUT2D eigenvalue weighted by molar-refractivity contribution is -0.137. The fourth-order valence-corrected chi connectivity index (χ4v) is 2.86. The van der Waals surface area contributed by atoms with Gasteiger partial charge in [0.2, 0.25) is 0 Å². The summed E-state index contributed by atoms with van der Waals surface area (Å²) in [4.78, 5) is 3.81. The summed E-state index contributed by atoms with van der Waals surface area (Å²) in [5, 5.41) is 2.98. The molecule has 0 spiro atoms. The van der Waals surface area contributed by atoms with Crippen LogP contribution in [0.2, 0.25) is 0 Å². The van der Waals surface area contributed by atoms with Crippen molar-refractivity contribution in [3.8, 4) is 0 Å². The molecule has 0 unspecified atom stereocenters. The van der Waals surface area contributed by atoms with Gasteiger partial charge >= 0.3 is 6.18 Å². The number of rotatable bonds is 2. The zero-order valence-corrected chi connectivity index (χ0v) is 11.3. The van der Waals surface area contributed by atoms with Gasteiger partial charge in [-0.05, 0) is 28.8 Å².